The zero-order chi connectivity index (χ0) is 22.8. The number of aromatic carboxylic acids is 1. The van der Waals surface area contributed by atoms with Gasteiger partial charge in [0.25, 0.3) is 0 Å². The topological polar surface area (TPSA) is 144 Å². The maximum absolute atomic E-state index is 11.4. The van der Waals surface area contributed by atoms with Gasteiger partial charge in [0.15, 0.2) is 16.8 Å². The molecule has 2 aliphatic heterocycles. The Labute approximate surface area is 189 Å². The summed E-state index contributed by atoms with van der Waals surface area (Å²) < 4.78 is 5.74. The molecule has 0 unspecified atom stereocenters. The van der Waals surface area contributed by atoms with E-state index in [-0.39, 0.29) is 17.1 Å². The van der Waals surface area contributed by atoms with Crippen LogP contribution in [0.2, 0.25) is 0 Å². The molecule has 4 heterocycles. The molecule has 4 rings (SSSR count). The molecule has 32 heavy (non-hydrogen) atoms. The molecule has 2 fully saturated rings. The first-order chi connectivity index (χ1) is 15.4. The number of methoxy groups -OCH3 is 1. The van der Waals surface area contributed by atoms with Crippen molar-refractivity contribution in [3.63, 3.8) is 0 Å². The van der Waals surface area contributed by atoms with Gasteiger partial charge < -0.3 is 29.9 Å². The summed E-state index contributed by atoms with van der Waals surface area (Å²) in [4.78, 5) is 29.3. The third-order valence-corrected chi connectivity index (χ3v) is 6.83. The number of nitrogens with one attached hydrogen (secondary N) is 1. The van der Waals surface area contributed by atoms with Crippen LogP contribution in [0, 0.1) is 6.92 Å². The van der Waals surface area contributed by atoms with Crippen LogP contribution in [0.5, 0.6) is 5.75 Å². The Morgan fingerprint density at radius 1 is 1.00 bits per heavy atom. The van der Waals surface area contributed by atoms with Crippen molar-refractivity contribution in [1.82, 2.24) is 15.0 Å². The number of hydrogen-bond acceptors (Lipinski definition) is 11. The minimum atomic E-state index is -1.02. The number of aliphatic hydroxyl groups is 2. The van der Waals surface area contributed by atoms with E-state index in [2.05, 4.69) is 30.1 Å². The van der Waals surface area contributed by atoms with E-state index in [1.54, 1.807) is 14.0 Å². The van der Waals surface area contributed by atoms with Gasteiger partial charge in [-0.2, -0.15) is 9.97 Å². The molecule has 0 aliphatic carbocycles. The predicted octanol–water partition coefficient (Wildman–Crippen LogP) is 1.61. The van der Waals surface area contributed by atoms with Crippen molar-refractivity contribution < 1.29 is 24.9 Å². The lowest BCUT2D eigenvalue weighted by atomic mass is 10.1. The van der Waals surface area contributed by atoms with Gasteiger partial charge in [-0.1, -0.05) is 11.3 Å². The summed E-state index contributed by atoms with van der Waals surface area (Å²) in [5.74, 6) is 1.04. The van der Waals surface area contributed by atoms with Gasteiger partial charge in [-0.3, -0.25) is 5.32 Å². The highest BCUT2D eigenvalue weighted by atomic mass is 32.1. The van der Waals surface area contributed by atoms with E-state index in [1.165, 1.54) is 0 Å². The number of piperidine rings is 2. The number of rotatable bonds is 6. The zero-order valence-corrected chi connectivity index (χ0v) is 18.9. The lowest BCUT2D eigenvalue weighted by Crippen LogP contribution is -2.38. The van der Waals surface area contributed by atoms with Crippen molar-refractivity contribution >= 4 is 40.0 Å². The van der Waals surface area contributed by atoms with Gasteiger partial charge in [0, 0.05) is 26.2 Å². The SMILES string of the molecule is COc1c(N2CCC(O)CC2)nc(Nc2nc(C)c(C(=O)O)s2)nc1N1CCC(O)CC1. The fourth-order valence-electron chi connectivity index (χ4n) is 3.99. The number of carbonyl (C=O) groups is 1. The van der Waals surface area contributed by atoms with Crippen molar-refractivity contribution in [3.8, 4) is 5.75 Å². The molecule has 0 bridgehead atoms. The average molecular weight is 465 g/mol. The summed E-state index contributed by atoms with van der Waals surface area (Å²) in [6, 6.07) is 0. The van der Waals surface area contributed by atoms with Crippen LogP contribution >= 0.6 is 11.3 Å². The molecule has 4 N–H and O–H groups in total. The van der Waals surface area contributed by atoms with Crippen LogP contribution < -0.4 is 19.9 Å². The number of anilines is 4. The second-order valence-electron chi connectivity index (χ2n) is 8.03. The second-order valence-corrected chi connectivity index (χ2v) is 9.03. The average Bonchev–Trinajstić information content (AvgIpc) is 3.14. The summed E-state index contributed by atoms with van der Waals surface area (Å²) in [7, 11) is 1.58. The first-order valence-electron chi connectivity index (χ1n) is 10.7. The lowest BCUT2D eigenvalue weighted by Gasteiger charge is -2.35. The first-order valence-corrected chi connectivity index (χ1v) is 11.5. The van der Waals surface area contributed by atoms with E-state index in [4.69, 9.17) is 4.74 Å². The van der Waals surface area contributed by atoms with Gasteiger partial charge in [0.05, 0.1) is 25.0 Å². The summed E-state index contributed by atoms with van der Waals surface area (Å²) in [5, 5.41) is 32.6. The standard InChI is InChI=1S/C20H28N6O5S/c1-11-15(18(29)30)32-20(21-11)24-19-22-16(25-7-3-12(27)4-8-25)14(31-2)17(23-19)26-9-5-13(28)6-10-26/h12-13,27-28H,3-10H2,1-2H3,(H,29,30)(H,21,22,23,24). The summed E-state index contributed by atoms with van der Waals surface area (Å²) >= 11 is 1.03. The molecule has 11 nitrogen and oxygen atoms in total. The monoisotopic (exact) mass is 464 g/mol. The number of nitrogens with zero attached hydrogens (tertiary/aromatic N) is 5. The molecule has 174 valence electrons. The molecule has 0 aromatic carbocycles. The molecule has 0 amide bonds. The van der Waals surface area contributed by atoms with Gasteiger partial charge in [-0.15, -0.1) is 0 Å². The molecule has 0 radical (unpaired) electrons. The Morgan fingerprint density at radius 3 is 1.91 bits per heavy atom. The second kappa shape index (κ2) is 9.43. The highest BCUT2D eigenvalue weighted by molar-refractivity contribution is 7.17. The largest absolute Gasteiger partial charge is 0.490 e. The minimum Gasteiger partial charge on any atom is -0.490 e. The molecule has 0 atom stereocenters. The van der Waals surface area contributed by atoms with E-state index in [1.807, 2.05) is 0 Å². The zero-order valence-electron chi connectivity index (χ0n) is 18.1. The molecule has 2 aromatic heterocycles. The Balaban J connectivity index is 1.72. The number of ether oxygens (including phenoxy) is 1. The van der Waals surface area contributed by atoms with Crippen molar-refractivity contribution in [1.29, 1.82) is 0 Å². The van der Waals surface area contributed by atoms with Crippen LogP contribution in [-0.2, 0) is 0 Å². The number of thiazole rings is 1. The molecule has 12 heteroatoms. The smallest absolute Gasteiger partial charge is 0.347 e. The summed E-state index contributed by atoms with van der Waals surface area (Å²) in [6.45, 7) is 4.17. The van der Waals surface area contributed by atoms with Crippen LogP contribution in [0.1, 0.15) is 41.0 Å². The fraction of sp³-hybridized carbons (Fsp3) is 0.600. The normalized spacial score (nSPS) is 18.1. The van der Waals surface area contributed by atoms with Crippen molar-refractivity contribution in [2.24, 2.45) is 0 Å². The van der Waals surface area contributed by atoms with E-state index < -0.39 is 5.97 Å². The van der Waals surface area contributed by atoms with Crippen molar-refractivity contribution in [2.75, 3.05) is 48.4 Å². The van der Waals surface area contributed by atoms with Gasteiger partial charge in [-0.25, -0.2) is 9.78 Å². The Hall–Kier alpha value is -2.70. The van der Waals surface area contributed by atoms with Gasteiger partial charge in [-0.05, 0) is 32.6 Å². The number of aryl methyl sites for hydroxylation is 1. The lowest BCUT2D eigenvalue weighted by molar-refractivity contribution is 0.0701. The molecule has 0 saturated carbocycles. The van der Waals surface area contributed by atoms with Gasteiger partial charge in [0.2, 0.25) is 11.7 Å². The van der Waals surface area contributed by atoms with Gasteiger partial charge >= 0.3 is 5.97 Å². The van der Waals surface area contributed by atoms with Crippen LogP contribution in [0.15, 0.2) is 0 Å². The maximum atomic E-state index is 11.4. The van der Waals surface area contributed by atoms with Crippen LogP contribution in [0.4, 0.5) is 22.7 Å². The van der Waals surface area contributed by atoms with E-state index >= 15 is 0 Å². The Morgan fingerprint density at radius 2 is 1.50 bits per heavy atom. The molecule has 2 aromatic rings. The number of carboxylic acids is 1. The Bertz CT molecular complexity index is 926. The van der Waals surface area contributed by atoms with E-state index in [9.17, 15) is 20.1 Å². The number of aliphatic hydroxyl groups excluding tert-OH is 2. The minimum absolute atomic E-state index is 0.163. The number of aromatic nitrogens is 3. The third kappa shape index (κ3) is 4.71. The van der Waals surface area contributed by atoms with E-state index in [0.717, 1.165) is 11.3 Å². The third-order valence-electron chi connectivity index (χ3n) is 5.77. The molecule has 0 spiro atoms. The van der Waals surface area contributed by atoms with Crippen LogP contribution in [0.25, 0.3) is 0 Å². The number of hydrogen-bond donors (Lipinski definition) is 4. The highest BCUT2D eigenvalue weighted by Crippen LogP contribution is 2.39. The molecule has 2 aliphatic rings. The van der Waals surface area contributed by atoms with Crippen LogP contribution in [0.3, 0.4) is 0 Å². The summed E-state index contributed by atoms with van der Waals surface area (Å²) in [5.41, 5.74) is 0.425. The summed E-state index contributed by atoms with van der Waals surface area (Å²) in [6.07, 6.45) is 1.88. The van der Waals surface area contributed by atoms with Gasteiger partial charge in [0.1, 0.15) is 4.88 Å². The quantitative estimate of drug-likeness (QED) is 0.495. The van der Waals surface area contributed by atoms with E-state index in [0.29, 0.717) is 86.0 Å². The molecular weight excluding hydrogens is 436 g/mol. The molecular formula is C20H28N6O5S. The molecule has 2 saturated heterocycles. The first kappa shape index (κ1) is 22.5. The van der Waals surface area contributed by atoms with Crippen molar-refractivity contribution in [2.45, 2.75) is 44.8 Å². The van der Waals surface area contributed by atoms with Crippen molar-refractivity contribution in [3.05, 3.63) is 10.6 Å². The van der Waals surface area contributed by atoms with Crippen LogP contribution in [-0.4, -0.2) is 81.7 Å². The number of carboxylic acid groups (broad SMARTS) is 1. The predicted molar refractivity (Wildman–Crippen MR) is 121 cm³/mol. The highest BCUT2D eigenvalue weighted by Gasteiger charge is 2.29. The Kier molecular flexibility index (Phi) is 6.63. The maximum Gasteiger partial charge on any atom is 0.347 e. The fourth-order valence-corrected chi connectivity index (χ4v) is 4.79.